The van der Waals surface area contributed by atoms with Crippen LogP contribution >= 0.6 is 0 Å². The molecule has 0 radical (unpaired) electrons. The Balaban J connectivity index is 1.55. The Morgan fingerprint density at radius 3 is 2.33 bits per heavy atom. The highest BCUT2D eigenvalue weighted by Crippen LogP contribution is 2.22. The molecule has 0 N–H and O–H groups in total. The fraction of sp³-hybridized carbons (Fsp3) is 0.571. The van der Waals surface area contributed by atoms with Crippen LogP contribution in [0.2, 0.25) is 0 Å². The molecule has 164 valence electrons. The second-order valence-corrected chi connectivity index (χ2v) is 7.53. The highest BCUT2D eigenvalue weighted by atomic mass is 19.3. The molecule has 0 aromatic heterocycles. The molecule has 0 spiro atoms. The predicted octanol–water partition coefficient (Wildman–Crippen LogP) is 2.37. The second kappa shape index (κ2) is 10.4. The van der Waals surface area contributed by atoms with Gasteiger partial charge in [-0.25, -0.2) is 0 Å². The van der Waals surface area contributed by atoms with Gasteiger partial charge in [0.05, 0.1) is 12.1 Å². The molecule has 2 aliphatic rings. The van der Waals surface area contributed by atoms with Gasteiger partial charge in [0, 0.05) is 39.1 Å². The first-order valence-corrected chi connectivity index (χ1v) is 10.3. The fourth-order valence-electron chi connectivity index (χ4n) is 3.82. The molecule has 0 atom stereocenters. The number of alkyl halides is 2. The molecule has 9 heteroatoms. The summed E-state index contributed by atoms with van der Waals surface area (Å²) in [6, 6.07) is 5.90. The van der Waals surface area contributed by atoms with Gasteiger partial charge in [-0.2, -0.15) is 8.78 Å². The van der Waals surface area contributed by atoms with Crippen LogP contribution < -0.4 is 4.74 Å². The summed E-state index contributed by atoms with van der Waals surface area (Å²) >= 11 is 0. The van der Waals surface area contributed by atoms with Crippen molar-refractivity contribution in [2.75, 3.05) is 39.3 Å². The van der Waals surface area contributed by atoms with Crippen molar-refractivity contribution in [3.8, 4) is 5.75 Å². The van der Waals surface area contributed by atoms with Gasteiger partial charge in [0.25, 0.3) is 5.91 Å². The highest BCUT2D eigenvalue weighted by molar-refractivity contribution is 5.97. The zero-order chi connectivity index (χ0) is 21.5. The molecule has 1 aromatic rings. The molecule has 1 aromatic carbocycles. The molecule has 0 bridgehead atoms. The van der Waals surface area contributed by atoms with Crippen LogP contribution in [0.15, 0.2) is 24.3 Å². The third-order valence-electron chi connectivity index (χ3n) is 5.50. The predicted molar refractivity (Wildman–Crippen MR) is 105 cm³/mol. The van der Waals surface area contributed by atoms with E-state index < -0.39 is 12.5 Å². The van der Waals surface area contributed by atoms with Crippen LogP contribution in [0.4, 0.5) is 8.78 Å². The maximum Gasteiger partial charge on any atom is 0.387 e. The van der Waals surface area contributed by atoms with Gasteiger partial charge in [0.2, 0.25) is 11.8 Å². The Bertz CT molecular complexity index is 766. The lowest BCUT2D eigenvalue weighted by atomic mass is 10.1. The summed E-state index contributed by atoms with van der Waals surface area (Å²) < 4.78 is 29.6. The smallest absolute Gasteiger partial charge is 0.387 e. The average Bonchev–Trinajstić information content (AvgIpc) is 2.73. The maximum absolute atomic E-state index is 12.8. The number of benzene rings is 1. The van der Waals surface area contributed by atoms with Gasteiger partial charge in [-0.1, -0.05) is 25.0 Å². The minimum absolute atomic E-state index is 0.0208. The topological polar surface area (TPSA) is 70.2 Å². The minimum Gasteiger partial charge on any atom is -0.434 e. The number of ether oxygens (including phenoxy) is 1. The lowest BCUT2D eigenvalue weighted by Gasteiger charge is -2.36. The van der Waals surface area contributed by atoms with E-state index in [9.17, 15) is 23.2 Å². The molecule has 2 saturated heterocycles. The number of halogens is 2. The molecule has 7 nitrogen and oxygen atoms in total. The molecule has 0 unspecified atom stereocenters. The van der Waals surface area contributed by atoms with E-state index in [2.05, 4.69) is 4.74 Å². The number of para-hydroxylation sites is 1. The van der Waals surface area contributed by atoms with Gasteiger partial charge in [-0.15, -0.1) is 0 Å². The average molecular weight is 423 g/mol. The normalized spacial score (nSPS) is 18.2. The zero-order valence-electron chi connectivity index (χ0n) is 16.9. The maximum atomic E-state index is 12.8. The number of carbonyl (C=O) groups is 3. The number of rotatable bonds is 5. The number of carbonyl (C=O) groups excluding carboxylic acids is 3. The Kier molecular flexibility index (Phi) is 7.59. The van der Waals surface area contributed by atoms with Crippen molar-refractivity contribution in [1.29, 1.82) is 0 Å². The number of amides is 3. The van der Waals surface area contributed by atoms with Crippen LogP contribution in [0.25, 0.3) is 0 Å². The third-order valence-corrected chi connectivity index (χ3v) is 5.50. The Morgan fingerprint density at radius 2 is 1.60 bits per heavy atom. The van der Waals surface area contributed by atoms with E-state index in [0.29, 0.717) is 39.1 Å². The van der Waals surface area contributed by atoms with Crippen molar-refractivity contribution in [3.05, 3.63) is 29.8 Å². The standard InChI is InChI=1S/C21H27F2N3O4/c22-21(23)30-17-8-5-4-7-16(17)20(29)25-13-11-24(12-14-25)19(28)15-26-10-6-2-1-3-9-18(26)27/h4-5,7-8,21H,1-3,6,9-15H2. The summed E-state index contributed by atoms with van der Waals surface area (Å²) in [5.41, 5.74) is 0.0730. The van der Waals surface area contributed by atoms with E-state index >= 15 is 0 Å². The van der Waals surface area contributed by atoms with Crippen LogP contribution in [0.3, 0.4) is 0 Å². The molecule has 30 heavy (non-hydrogen) atoms. The molecular weight excluding hydrogens is 396 g/mol. The zero-order valence-corrected chi connectivity index (χ0v) is 16.9. The third kappa shape index (κ3) is 5.67. The molecule has 3 rings (SSSR count). The summed E-state index contributed by atoms with van der Waals surface area (Å²) in [7, 11) is 0. The number of piperazine rings is 1. The van der Waals surface area contributed by atoms with E-state index in [1.54, 1.807) is 15.9 Å². The van der Waals surface area contributed by atoms with E-state index in [0.717, 1.165) is 25.7 Å². The van der Waals surface area contributed by atoms with Gasteiger partial charge < -0.3 is 19.4 Å². The van der Waals surface area contributed by atoms with Gasteiger partial charge in [-0.3, -0.25) is 14.4 Å². The molecule has 0 aliphatic carbocycles. The minimum atomic E-state index is -3.01. The van der Waals surface area contributed by atoms with Gasteiger partial charge in [0.1, 0.15) is 5.75 Å². The van der Waals surface area contributed by atoms with Gasteiger partial charge in [0.15, 0.2) is 0 Å². The lowest BCUT2D eigenvalue weighted by molar-refractivity contribution is -0.141. The van der Waals surface area contributed by atoms with Gasteiger partial charge in [-0.05, 0) is 25.0 Å². The molecule has 3 amide bonds. The van der Waals surface area contributed by atoms with E-state index in [4.69, 9.17) is 0 Å². The molecular formula is C21H27F2N3O4. The van der Waals surface area contributed by atoms with Crippen molar-refractivity contribution < 1.29 is 27.9 Å². The fourth-order valence-corrected chi connectivity index (χ4v) is 3.82. The van der Waals surface area contributed by atoms with E-state index in [-0.39, 0.29) is 29.7 Å². The highest BCUT2D eigenvalue weighted by Gasteiger charge is 2.28. The second-order valence-electron chi connectivity index (χ2n) is 7.53. The Hall–Kier alpha value is -2.71. The van der Waals surface area contributed by atoms with Crippen LogP contribution in [-0.4, -0.2) is 78.3 Å². The van der Waals surface area contributed by atoms with Crippen molar-refractivity contribution in [3.63, 3.8) is 0 Å². The Morgan fingerprint density at radius 1 is 0.933 bits per heavy atom. The monoisotopic (exact) mass is 423 g/mol. The van der Waals surface area contributed by atoms with Crippen molar-refractivity contribution in [2.24, 2.45) is 0 Å². The van der Waals surface area contributed by atoms with Crippen molar-refractivity contribution in [1.82, 2.24) is 14.7 Å². The largest absolute Gasteiger partial charge is 0.434 e. The van der Waals surface area contributed by atoms with Crippen molar-refractivity contribution in [2.45, 2.75) is 38.7 Å². The molecule has 2 heterocycles. The summed E-state index contributed by atoms with van der Waals surface area (Å²) in [6.07, 6.45) is 4.36. The quantitative estimate of drug-likeness (QED) is 0.729. The number of hydrogen-bond acceptors (Lipinski definition) is 4. The SMILES string of the molecule is O=C(CN1CCCCCCC1=O)N1CCN(C(=O)c2ccccc2OC(F)F)CC1. The lowest BCUT2D eigenvalue weighted by Crippen LogP contribution is -2.53. The molecule has 2 fully saturated rings. The molecule has 2 aliphatic heterocycles. The number of hydrogen-bond donors (Lipinski definition) is 0. The summed E-state index contributed by atoms with van der Waals surface area (Å²) in [4.78, 5) is 42.5. The summed E-state index contributed by atoms with van der Waals surface area (Å²) in [5.74, 6) is -0.672. The van der Waals surface area contributed by atoms with E-state index in [1.165, 1.54) is 23.1 Å². The number of nitrogens with zero attached hydrogens (tertiary/aromatic N) is 3. The summed E-state index contributed by atoms with van der Waals surface area (Å²) in [5, 5.41) is 0. The van der Waals surface area contributed by atoms with E-state index in [1.807, 2.05) is 0 Å². The van der Waals surface area contributed by atoms with Crippen LogP contribution in [0, 0.1) is 0 Å². The van der Waals surface area contributed by atoms with Crippen LogP contribution in [0.1, 0.15) is 42.5 Å². The van der Waals surface area contributed by atoms with Crippen molar-refractivity contribution >= 4 is 17.7 Å². The van der Waals surface area contributed by atoms with Crippen LogP contribution in [0.5, 0.6) is 5.75 Å². The molecule has 0 saturated carbocycles. The Labute approximate surface area is 174 Å². The first kappa shape index (κ1) is 22.0. The van der Waals surface area contributed by atoms with Gasteiger partial charge >= 0.3 is 6.61 Å². The first-order chi connectivity index (χ1) is 14.5. The first-order valence-electron chi connectivity index (χ1n) is 10.3. The number of likely N-dealkylation sites (tertiary alicyclic amines) is 1. The van der Waals surface area contributed by atoms with Crippen LogP contribution in [-0.2, 0) is 9.59 Å². The summed E-state index contributed by atoms with van der Waals surface area (Å²) in [6.45, 7) is -1.08.